The average Bonchev–Trinajstić information content (AvgIpc) is 2.59. The monoisotopic (exact) mass is 114 g/mol. The predicted molar refractivity (Wildman–Crippen MR) is 23.2 cm³/mol. The van der Waals surface area contributed by atoms with Crippen molar-refractivity contribution in [3.63, 3.8) is 0 Å². The van der Waals surface area contributed by atoms with Gasteiger partial charge in [0.15, 0.2) is 12.5 Å². The molecule has 0 amide bonds. The Morgan fingerprint density at radius 3 is 2.00 bits per heavy atom. The second kappa shape index (κ2) is 0.930. The molecule has 0 aromatic rings. The van der Waals surface area contributed by atoms with Crippen LogP contribution in [0, 0.1) is 0 Å². The number of rotatable bonds is 0. The molecule has 0 N–H and O–H groups in total. The summed E-state index contributed by atoms with van der Waals surface area (Å²) < 4.78 is 0. The van der Waals surface area contributed by atoms with Crippen molar-refractivity contribution in [3.8, 4) is 0 Å². The highest BCUT2D eigenvalue weighted by Gasteiger charge is 2.59. The van der Waals surface area contributed by atoms with Crippen molar-refractivity contribution >= 4 is 0 Å². The Morgan fingerprint density at radius 1 is 1.00 bits per heavy atom. The first-order valence-electron chi connectivity index (χ1n) is 2.82. The lowest BCUT2D eigenvalue weighted by molar-refractivity contribution is 0.146. The third kappa shape index (κ3) is 0.315. The molecule has 4 nitrogen and oxygen atoms in total. The van der Waals surface area contributed by atoms with Crippen molar-refractivity contribution in [2.75, 3.05) is 13.1 Å². The molecule has 0 radical (unpaired) electrons. The summed E-state index contributed by atoms with van der Waals surface area (Å²) in [7, 11) is 0. The zero-order chi connectivity index (χ0) is 5.14. The summed E-state index contributed by atoms with van der Waals surface area (Å²) in [4.78, 5) is 10.2. The molecule has 0 saturated carbocycles. The van der Waals surface area contributed by atoms with Gasteiger partial charge in [0.2, 0.25) is 0 Å². The number of hydroxylamine groups is 4. The van der Waals surface area contributed by atoms with Crippen LogP contribution in [0.1, 0.15) is 0 Å². The van der Waals surface area contributed by atoms with Crippen LogP contribution in [-0.4, -0.2) is 35.7 Å². The average molecular weight is 114 g/mol. The van der Waals surface area contributed by atoms with Gasteiger partial charge >= 0.3 is 0 Å². The van der Waals surface area contributed by atoms with Crippen LogP contribution < -0.4 is 0 Å². The van der Waals surface area contributed by atoms with Gasteiger partial charge in [-0.2, -0.15) is 10.1 Å². The van der Waals surface area contributed by atoms with Gasteiger partial charge in [0, 0.05) is 13.1 Å². The third-order valence-corrected chi connectivity index (χ3v) is 1.75. The molecule has 3 saturated heterocycles. The molecule has 3 rings (SSSR count). The SMILES string of the molecule is C1CN2OC2C2ON12. The van der Waals surface area contributed by atoms with Gasteiger partial charge in [-0.3, -0.25) is 9.68 Å². The van der Waals surface area contributed by atoms with E-state index >= 15 is 0 Å². The number of nitrogens with zero attached hydrogens (tertiary/aromatic N) is 2. The maximum atomic E-state index is 5.10. The predicted octanol–water partition coefficient (Wildman–Crippen LogP) is -0.853. The molecule has 4 atom stereocenters. The standard InChI is InChI=1S/C4H6N2O2/c1-2-6-4(8-6)3-5(1)7-3/h3-4H,1-2H2. The number of hydrogen-bond acceptors (Lipinski definition) is 4. The lowest BCUT2D eigenvalue weighted by Gasteiger charge is -1.99. The Morgan fingerprint density at radius 2 is 1.50 bits per heavy atom. The normalized spacial score (nSPS) is 66.0. The molecule has 44 valence electrons. The van der Waals surface area contributed by atoms with Crippen molar-refractivity contribution in [1.29, 1.82) is 0 Å². The topological polar surface area (TPSA) is 31.1 Å². The van der Waals surface area contributed by atoms with E-state index in [1.165, 1.54) is 0 Å². The van der Waals surface area contributed by atoms with E-state index < -0.39 is 0 Å². The van der Waals surface area contributed by atoms with E-state index in [1.54, 1.807) is 0 Å². The summed E-state index contributed by atoms with van der Waals surface area (Å²) in [6.07, 6.45) is 0.562. The van der Waals surface area contributed by atoms with Crippen molar-refractivity contribution < 1.29 is 9.68 Å². The van der Waals surface area contributed by atoms with Crippen LogP contribution in [0.15, 0.2) is 0 Å². The fourth-order valence-electron chi connectivity index (χ4n) is 1.17. The molecule has 3 aliphatic heterocycles. The van der Waals surface area contributed by atoms with E-state index in [0.29, 0.717) is 0 Å². The van der Waals surface area contributed by atoms with E-state index in [9.17, 15) is 0 Å². The first-order valence-corrected chi connectivity index (χ1v) is 2.82. The van der Waals surface area contributed by atoms with Crippen molar-refractivity contribution in [2.24, 2.45) is 0 Å². The second-order valence-corrected chi connectivity index (χ2v) is 2.27. The molecular formula is C4H6N2O2. The Balaban J connectivity index is 1.89. The lowest BCUT2D eigenvalue weighted by Crippen LogP contribution is -2.24. The number of piperazine rings is 1. The third-order valence-electron chi connectivity index (χ3n) is 1.75. The van der Waals surface area contributed by atoms with Crippen LogP contribution in [0.4, 0.5) is 0 Å². The Bertz CT molecular complexity index is 124. The Kier molecular flexibility index (Phi) is 0.440. The van der Waals surface area contributed by atoms with E-state index in [1.807, 2.05) is 10.1 Å². The lowest BCUT2D eigenvalue weighted by atomic mass is 10.4. The largest absolute Gasteiger partial charge is 0.270 e. The minimum Gasteiger partial charge on any atom is -0.270 e. The van der Waals surface area contributed by atoms with Gasteiger partial charge in [0.25, 0.3) is 0 Å². The summed E-state index contributed by atoms with van der Waals surface area (Å²) in [6, 6.07) is 0. The van der Waals surface area contributed by atoms with Crippen molar-refractivity contribution in [2.45, 2.75) is 12.5 Å². The molecule has 0 spiro atoms. The van der Waals surface area contributed by atoms with Gasteiger partial charge in [-0.05, 0) is 0 Å². The molecule has 3 aliphatic rings. The molecule has 0 aliphatic carbocycles. The van der Waals surface area contributed by atoms with Crippen LogP contribution in [0.25, 0.3) is 0 Å². The molecule has 3 fully saturated rings. The van der Waals surface area contributed by atoms with Crippen molar-refractivity contribution in [3.05, 3.63) is 0 Å². The molecule has 4 heteroatoms. The van der Waals surface area contributed by atoms with E-state index in [-0.39, 0.29) is 12.5 Å². The van der Waals surface area contributed by atoms with Crippen LogP contribution >= 0.6 is 0 Å². The van der Waals surface area contributed by atoms with E-state index in [0.717, 1.165) is 13.1 Å². The van der Waals surface area contributed by atoms with Crippen LogP contribution in [0.3, 0.4) is 0 Å². The number of hydrogen-bond donors (Lipinski definition) is 0. The molecule has 4 unspecified atom stereocenters. The van der Waals surface area contributed by atoms with Gasteiger partial charge in [-0.15, -0.1) is 0 Å². The maximum Gasteiger partial charge on any atom is 0.198 e. The van der Waals surface area contributed by atoms with Gasteiger partial charge in [0.05, 0.1) is 0 Å². The molecule has 0 aromatic heterocycles. The quantitative estimate of drug-likeness (QED) is 0.384. The molecule has 0 bridgehead atoms. The highest BCUT2D eigenvalue weighted by molar-refractivity contribution is 4.86. The number of fused-ring (bicyclic) bond motifs is 3. The van der Waals surface area contributed by atoms with Crippen LogP contribution in [0.2, 0.25) is 0 Å². The minimum absolute atomic E-state index is 0.281. The highest BCUT2D eigenvalue weighted by atomic mass is 16.9. The fraction of sp³-hybridized carbons (Fsp3) is 1.00. The highest BCUT2D eigenvalue weighted by Crippen LogP contribution is 2.39. The van der Waals surface area contributed by atoms with Crippen LogP contribution in [0.5, 0.6) is 0 Å². The first-order chi connectivity index (χ1) is 3.95. The zero-order valence-electron chi connectivity index (χ0n) is 4.28. The Hall–Kier alpha value is -0.160. The van der Waals surface area contributed by atoms with Gasteiger partial charge in [0.1, 0.15) is 0 Å². The zero-order valence-corrected chi connectivity index (χ0v) is 4.28. The Labute approximate surface area is 46.5 Å². The molecule has 8 heavy (non-hydrogen) atoms. The summed E-state index contributed by atoms with van der Waals surface area (Å²) in [5.41, 5.74) is 0. The van der Waals surface area contributed by atoms with Gasteiger partial charge in [-0.1, -0.05) is 0 Å². The van der Waals surface area contributed by atoms with Crippen molar-refractivity contribution in [1.82, 2.24) is 10.1 Å². The molecular weight excluding hydrogens is 108 g/mol. The molecule has 3 heterocycles. The van der Waals surface area contributed by atoms with Gasteiger partial charge < -0.3 is 0 Å². The van der Waals surface area contributed by atoms with E-state index in [4.69, 9.17) is 9.68 Å². The smallest absolute Gasteiger partial charge is 0.198 e. The fourth-order valence-corrected chi connectivity index (χ4v) is 1.17. The van der Waals surface area contributed by atoms with E-state index in [2.05, 4.69) is 0 Å². The summed E-state index contributed by atoms with van der Waals surface area (Å²) in [5.74, 6) is 0. The summed E-state index contributed by atoms with van der Waals surface area (Å²) >= 11 is 0. The first kappa shape index (κ1) is 3.79. The maximum absolute atomic E-state index is 5.10. The summed E-state index contributed by atoms with van der Waals surface area (Å²) in [5, 5.41) is 3.91. The second-order valence-electron chi connectivity index (χ2n) is 2.27. The van der Waals surface area contributed by atoms with Gasteiger partial charge in [-0.25, -0.2) is 0 Å². The van der Waals surface area contributed by atoms with Crippen LogP contribution in [-0.2, 0) is 9.68 Å². The minimum atomic E-state index is 0.281. The summed E-state index contributed by atoms with van der Waals surface area (Å²) in [6.45, 7) is 2.00. The molecule has 0 aromatic carbocycles.